The molecular weight excluding hydrogens is 264 g/mol. The molecule has 0 bridgehead atoms. The Kier molecular flexibility index (Phi) is 5.46. The molecule has 1 aromatic heterocycles. The number of carbonyl (C=O) groups excluding carboxylic acids is 1. The van der Waals surface area contributed by atoms with Gasteiger partial charge in [0.1, 0.15) is 6.10 Å². The Balaban J connectivity index is 1.82. The summed E-state index contributed by atoms with van der Waals surface area (Å²) in [4.78, 5) is 16.1. The van der Waals surface area contributed by atoms with Crippen molar-refractivity contribution in [2.75, 3.05) is 0 Å². The van der Waals surface area contributed by atoms with Crippen molar-refractivity contribution in [2.24, 2.45) is 0 Å². The average Bonchev–Trinajstić information content (AvgIpc) is 2.54. The Morgan fingerprint density at radius 3 is 2.48 bits per heavy atom. The molecule has 0 aliphatic heterocycles. The van der Waals surface area contributed by atoms with Gasteiger partial charge in [0.15, 0.2) is 0 Å². The van der Waals surface area contributed by atoms with E-state index >= 15 is 0 Å². The Labute approximate surface area is 125 Å². The van der Waals surface area contributed by atoms with E-state index < -0.39 is 6.10 Å². The van der Waals surface area contributed by atoms with E-state index in [2.05, 4.69) is 10.3 Å². The number of nitrogens with zero attached hydrogens (tertiary/aromatic N) is 1. The number of hydrogen-bond acceptors (Lipinski definition) is 3. The molecule has 110 valence electrons. The summed E-state index contributed by atoms with van der Waals surface area (Å²) < 4.78 is 5.60. The van der Waals surface area contributed by atoms with E-state index in [-0.39, 0.29) is 11.9 Å². The van der Waals surface area contributed by atoms with Crippen LogP contribution in [0.2, 0.25) is 0 Å². The highest BCUT2D eigenvalue weighted by atomic mass is 16.5. The molecule has 0 spiro atoms. The van der Waals surface area contributed by atoms with E-state index in [1.165, 1.54) is 0 Å². The fraction of sp³-hybridized carbons (Fsp3) is 0.294. The second kappa shape index (κ2) is 7.55. The molecule has 0 unspecified atom stereocenters. The van der Waals surface area contributed by atoms with Gasteiger partial charge in [0.25, 0.3) is 0 Å². The van der Waals surface area contributed by atoms with Crippen molar-refractivity contribution in [1.29, 1.82) is 0 Å². The number of ether oxygens (including phenoxy) is 1. The predicted octanol–water partition coefficient (Wildman–Crippen LogP) is 2.86. The van der Waals surface area contributed by atoms with Crippen LogP contribution in [0.3, 0.4) is 0 Å². The summed E-state index contributed by atoms with van der Waals surface area (Å²) in [7, 11) is 0. The van der Waals surface area contributed by atoms with Crippen LogP contribution in [0, 0.1) is 0 Å². The Hall–Kier alpha value is -2.20. The van der Waals surface area contributed by atoms with Gasteiger partial charge in [0.05, 0.1) is 12.6 Å². The number of carbonyl (C=O) groups is 1. The monoisotopic (exact) mass is 284 g/mol. The quantitative estimate of drug-likeness (QED) is 0.887. The molecule has 4 heteroatoms. The molecule has 0 aliphatic carbocycles. The SMILES string of the molecule is C[C@H](OCc1ccccc1)C(=O)N[C@@H](C)c1ccncc1. The normalized spacial score (nSPS) is 13.4. The van der Waals surface area contributed by atoms with E-state index in [1.807, 2.05) is 49.4 Å². The summed E-state index contributed by atoms with van der Waals surface area (Å²) >= 11 is 0. The lowest BCUT2D eigenvalue weighted by Crippen LogP contribution is -2.36. The zero-order valence-corrected chi connectivity index (χ0v) is 12.3. The third-order valence-corrected chi connectivity index (χ3v) is 3.28. The van der Waals surface area contributed by atoms with Crippen LogP contribution in [0.1, 0.15) is 31.0 Å². The lowest BCUT2D eigenvalue weighted by Gasteiger charge is -2.18. The second-order valence-electron chi connectivity index (χ2n) is 4.95. The standard InChI is InChI=1S/C17H20N2O2/c1-13(16-8-10-18-11-9-16)19-17(20)14(2)21-12-15-6-4-3-5-7-15/h3-11,13-14H,12H2,1-2H3,(H,19,20)/t13-,14-/m0/s1. The van der Waals surface area contributed by atoms with Crippen LogP contribution in [-0.2, 0) is 16.1 Å². The summed E-state index contributed by atoms with van der Waals surface area (Å²) in [6.45, 7) is 4.13. The highest BCUT2D eigenvalue weighted by molar-refractivity contribution is 5.80. The maximum absolute atomic E-state index is 12.1. The van der Waals surface area contributed by atoms with Crippen LogP contribution in [0.4, 0.5) is 0 Å². The van der Waals surface area contributed by atoms with Gasteiger partial charge in [0, 0.05) is 12.4 Å². The van der Waals surface area contributed by atoms with Crippen LogP contribution in [-0.4, -0.2) is 17.0 Å². The van der Waals surface area contributed by atoms with Gasteiger partial charge < -0.3 is 10.1 Å². The number of aromatic nitrogens is 1. The third-order valence-electron chi connectivity index (χ3n) is 3.28. The molecule has 0 saturated heterocycles. The maximum Gasteiger partial charge on any atom is 0.249 e. The number of amides is 1. The number of pyridine rings is 1. The molecule has 21 heavy (non-hydrogen) atoms. The van der Waals surface area contributed by atoms with Crippen molar-refractivity contribution in [3.8, 4) is 0 Å². The van der Waals surface area contributed by atoms with Gasteiger partial charge in [-0.1, -0.05) is 30.3 Å². The van der Waals surface area contributed by atoms with Crippen LogP contribution in [0.5, 0.6) is 0 Å². The molecule has 4 nitrogen and oxygen atoms in total. The summed E-state index contributed by atoms with van der Waals surface area (Å²) in [6, 6.07) is 13.5. The van der Waals surface area contributed by atoms with Crippen molar-refractivity contribution in [1.82, 2.24) is 10.3 Å². The first-order chi connectivity index (χ1) is 10.2. The van der Waals surface area contributed by atoms with Gasteiger partial charge in [-0.05, 0) is 37.1 Å². The number of rotatable bonds is 6. The van der Waals surface area contributed by atoms with Crippen LogP contribution in [0.25, 0.3) is 0 Å². The van der Waals surface area contributed by atoms with E-state index in [9.17, 15) is 4.79 Å². The summed E-state index contributed by atoms with van der Waals surface area (Å²) in [5, 5.41) is 2.94. The van der Waals surface area contributed by atoms with Crippen molar-refractivity contribution in [3.63, 3.8) is 0 Å². The van der Waals surface area contributed by atoms with E-state index in [0.717, 1.165) is 11.1 Å². The molecule has 1 aromatic carbocycles. The topological polar surface area (TPSA) is 51.2 Å². The molecule has 2 rings (SSSR count). The Morgan fingerprint density at radius 1 is 1.14 bits per heavy atom. The number of hydrogen-bond donors (Lipinski definition) is 1. The summed E-state index contributed by atoms with van der Waals surface area (Å²) in [5.41, 5.74) is 2.08. The first-order valence-corrected chi connectivity index (χ1v) is 7.02. The molecule has 2 aromatic rings. The van der Waals surface area contributed by atoms with Crippen molar-refractivity contribution >= 4 is 5.91 Å². The minimum absolute atomic E-state index is 0.0664. The first-order valence-electron chi connectivity index (χ1n) is 7.02. The van der Waals surface area contributed by atoms with Crippen molar-refractivity contribution in [3.05, 3.63) is 66.0 Å². The average molecular weight is 284 g/mol. The van der Waals surface area contributed by atoms with Crippen molar-refractivity contribution < 1.29 is 9.53 Å². The number of nitrogens with one attached hydrogen (secondary N) is 1. The second-order valence-corrected chi connectivity index (χ2v) is 4.95. The van der Waals surface area contributed by atoms with Gasteiger partial charge in [0.2, 0.25) is 5.91 Å². The van der Waals surface area contributed by atoms with Gasteiger partial charge >= 0.3 is 0 Å². The summed E-state index contributed by atoms with van der Waals surface area (Å²) in [6.07, 6.45) is 2.94. The molecule has 0 radical (unpaired) electrons. The van der Waals surface area contributed by atoms with Gasteiger partial charge in [-0.2, -0.15) is 0 Å². The van der Waals surface area contributed by atoms with E-state index in [1.54, 1.807) is 19.3 Å². The fourth-order valence-electron chi connectivity index (χ4n) is 1.94. The molecule has 0 aliphatic rings. The zero-order chi connectivity index (χ0) is 15.1. The molecule has 0 saturated carbocycles. The van der Waals surface area contributed by atoms with Crippen LogP contribution >= 0.6 is 0 Å². The first kappa shape index (κ1) is 15.2. The van der Waals surface area contributed by atoms with Crippen LogP contribution in [0.15, 0.2) is 54.9 Å². The molecule has 0 fully saturated rings. The van der Waals surface area contributed by atoms with Gasteiger partial charge in [-0.15, -0.1) is 0 Å². The lowest BCUT2D eigenvalue weighted by atomic mass is 10.1. The highest BCUT2D eigenvalue weighted by Crippen LogP contribution is 2.11. The Morgan fingerprint density at radius 2 is 1.81 bits per heavy atom. The van der Waals surface area contributed by atoms with Gasteiger partial charge in [-0.25, -0.2) is 0 Å². The fourth-order valence-corrected chi connectivity index (χ4v) is 1.94. The minimum Gasteiger partial charge on any atom is -0.364 e. The zero-order valence-electron chi connectivity index (χ0n) is 12.3. The van der Waals surface area contributed by atoms with E-state index in [0.29, 0.717) is 6.61 Å². The minimum atomic E-state index is -0.491. The molecule has 1 N–H and O–H groups in total. The highest BCUT2D eigenvalue weighted by Gasteiger charge is 2.16. The van der Waals surface area contributed by atoms with Crippen LogP contribution < -0.4 is 5.32 Å². The molecule has 2 atom stereocenters. The predicted molar refractivity (Wildman–Crippen MR) is 81.5 cm³/mol. The Bertz CT molecular complexity index is 558. The lowest BCUT2D eigenvalue weighted by molar-refractivity contribution is -0.133. The van der Waals surface area contributed by atoms with Gasteiger partial charge in [-0.3, -0.25) is 9.78 Å². The maximum atomic E-state index is 12.1. The molecule has 1 heterocycles. The summed E-state index contributed by atoms with van der Waals surface area (Å²) in [5.74, 6) is -0.116. The third kappa shape index (κ3) is 4.68. The smallest absolute Gasteiger partial charge is 0.249 e. The van der Waals surface area contributed by atoms with E-state index in [4.69, 9.17) is 4.74 Å². The number of benzene rings is 1. The largest absolute Gasteiger partial charge is 0.364 e. The molecule has 1 amide bonds. The van der Waals surface area contributed by atoms with Crippen molar-refractivity contribution in [2.45, 2.75) is 32.6 Å². The molecular formula is C17H20N2O2.